The fraction of sp³-hybridized carbons (Fsp3) is 0.483. The van der Waals surface area contributed by atoms with Gasteiger partial charge >= 0.3 is 6.09 Å². The predicted octanol–water partition coefficient (Wildman–Crippen LogP) is 3.94. The smallest absolute Gasteiger partial charge is 0.410 e. The van der Waals surface area contributed by atoms with Crippen molar-refractivity contribution >= 4 is 59.0 Å². The summed E-state index contributed by atoms with van der Waals surface area (Å²) in [5, 5.41) is 15.5. The third-order valence-corrected chi connectivity index (χ3v) is 7.52. The van der Waals surface area contributed by atoms with Crippen LogP contribution in [0.2, 0.25) is 5.15 Å². The molecule has 0 radical (unpaired) electrons. The molecule has 5 heterocycles. The second kappa shape index (κ2) is 11.9. The molecule has 44 heavy (non-hydrogen) atoms. The summed E-state index contributed by atoms with van der Waals surface area (Å²) >= 11 is 5.91. The van der Waals surface area contributed by atoms with Crippen molar-refractivity contribution in [3.63, 3.8) is 0 Å². The molecule has 4 aromatic rings. The van der Waals surface area contributed by atoms with Gasteiger partial charge in [0.2, 0.25) is 0 Å². The molecule has 0 unspecified atom stereocenters. The van der Waals surface area contributed by atoms with Gasteiger partial charge in [-0.25, -0.2) is 14.8 Å². The Hall–Kier alpha value is -4.46. The Balaban J connectivity index is 0.000000181. The largest absolute Gasteiger partial charge is 0.444 e. The lowest BCUT2D eigenvalue weighted by Crippen LogP contribution is -2.50. The topological polar surface area (TPSA) is 151 Å². The maximum Gasteiger partial charge on any atom is 0.410 e. The van der Waals surface area contributed by atoms with Gasteiger partial charge in [-0.15, -0.1) is 0 Å². The van der Waals surface area contributed by atoms with E-state index in [9.17, 15) is 14.4 Å². The number of aromatic nitrogens is 6. The molecule has 2 N–H and O–H groups in total. The molecule has 2 aliphatic carbocycles. The molecule has 1 saturated heterocycles. The summed E-state index contributed by atoms with van der Waals surface area (Å²) in [6, 6.07) is 4.63. The lowest BCUT2D eigenvalue weighted by atomic mass is 10.2. The molecule has 15 heteroatoms. The number of hydrogen-bond acceptors (Lipinski definition) is 11. The Morgan fingerprint density at radius 3 is 1.89 bits per heavy atom. The average molecular weight is 623 g/mol. The minimum atomic E-state index is -0.503. The highest BCUT2D eigenvalue weighted by atomic mass is 35.5. The zero-order valence-corrected chi connectivity index (χ0v) is 25.6. The zero-order valence-electron chi connectivity index (χ0n) is 24.9. The van der Waals surface area contributed by atoms with Gasteiger partial charge in [0.05, 0.1) is 23.5 Å². The maximum absolute atomic E-state index is 12.3. The molecule has 2 saturated carbocycles. The number of nitrogens with zero attached hydrogens (tertiary/aromatic N) is 8. The van der Waals surface area contributed by atoms with Crippen LogP contribution >= 0.6 is 11.6 Å². The van der Waals surface area contributed by atoms with Crippen LogP contribution in [0.15, 0.2) is 24.5 Å². The van der Waals surface area contributed by atoms with E-state index in [1.807, 2.05) is 26.8 Å². The van der Waals surface area contributed by atoms with E-state index in [0.717, 1.165) is 55.7 Å². The van der Waals surface area contributed by atoms with Gasteiger partial charge in [-0.1, -0.05) is 11.6 Å². The van der Waals surface area contributed by atoms with Gasteiger partial charge in [0.25, 0.3) is 0 Å². The van der Waals surface area contributed by atoms with Crippen molar-refractivity contribution in [2.75, 3.05) is 41.7 Å². The molecule has 0 bridgehead atoms. The van der Waals surface area contributed by atoms with Crippen molar-refractivity contribution in [3.8, 4) is 0 Å². The molecular formula is C29H35ClN10O4. The number of hydrogen-bond donors (Lipinski definition) is 2. The van der Waals surface area contributed by atoms with Gasteiger partial charge in [-0.3, -0.25) is 9.59 Å². The van der Waals surface area contributed by atoms with Crippen molar-refractivity contribution < 1.29 is 19.1 Å². The molecule has 14 nitrogen and oxygen atoms in total. The summed E-state index contributed by atoms with van der Waals surface area (Å²) in [6.45, 7) is 8.02. The second-order valence-corrected chi connectivity index (χ2v) is 12.5. The number of amides is 1. The SMILES string of the molecule is CC(C)(C)OC(=O)N1CCN(c2cc(NC3CC3)n3ncc(C=O)c3n2)CC1.O=Cc1cnn2c(NC3CC3)cc(Cl)nc12. The summed E-state index contributed by atoms with van der Waals surface area (Å²) in [5.74, 6) is 2.40. The van der Waals surface area contributed by atoms with Gasteiger partial charge in [0.15, 0.2) is 23.9 Å². The molecule has 1 aliphatic heterocycles. The van der Waals surface area contributed by atoms with E-state index in [0.29, 0.717) is 65.8 Å². The van der Waals surface area contributed by atoms with E-state index >= 15 is 0 Å². The quantitative estimate of drug-likeness (QED) is 0.228. The van der Waals surface area contributed by atoms with Crippen LogP contribution in [0.25, 0.3) is 11.3 Å². The summed E-state index contributed by atoms with van der Waals surface area (Å²) < 4.78 is 8.75. The number of anilines is 3. The molecule has 0 aromatic carbocycles. The molecule has 1 amide bonds. The summed E-state index contributed by atoms with van der Waals surface area (Å²) in [5.41, 5.74) is 1.45. The van der Waals surface area contributed by atoms with Crippen LogP contribution < -0.4 is 15.5 Å². The van der Waals surface area contributed by atoms with Crippen LogP contribution in [0, 0.1) is 0 Å². The van der Waals surface area contributed by atoms with Crippen LogP contribution in [0.4, 0.5) is 22.2 Å². The Morgan fingerprint density at radius 1 is 0.864 bits per heavy atom. The van der Waals surface area contributed by atoms with Gasteiger partial charge in [-0.05, 0) is 46.5 Å². The highest BCUT2D eigenvalue weighted by Gasteiger charge is 2.28. The lowest BCUT2D eigenvalue weighted by molar-refractivity contribution is 0.0240. The van der Waals surface area contributed by atoms with Crippen molar-refractivity contribution in [2.45, 2.75) is 64.1 Å². The third-order valence-electron chi connectivity index (χ3n) is 7.32. The van der Waals surface area contributed by atoms with Crippen LogP contribution in [-0.2, 0) is 4.74 Å². The van der Waals surface area contributed by atoms with Crippen molar-refractivity contribution in [1.82, 2.24) is 34.1 Å². The normalized spacial score (nSPS) is 16.8. The van der Waals surface area contributed by atoms with E-state index in [1.165, 1.54) is 12.4 Å². The second-order valence-electron chi connectivity index (χ2n) is 12.2. The number of nitrogens with one attached hydrogen (secondary N) is 2. The highest BCUT2D eigenvalue weighted by molar-refractivity contribution is 6.29. The van der Waals surface area contributed by atoms with Gasteiger partial charge in [0, 0.05) is 50.4 Å². The number of piperazine rings is 1. The molecule has 7 rings (SSSR count). The fourth-order valence-corrected chi connectivity index (χ4v) is 4.95. The standard InChI is InChI=1S/C19H26N6O3.C10H9ClN4O/c1-19(2,3)28-18(27)24-8-6-23(7-9-24)15-10-16(21-14-4-5-14)25-17(22-15)13(12-26)11-20-25;11-8-3-9(13-7-1-2-7)15-10(14-8)6(5-16)4-12-15/h10-12,14,21H,4-9H2,1-3H3;3-5,7,13H,1-2H2. The minimum absolute atomic E-state index is 0.286. The summed E-state index contributed by atoms with van der Waals surface area (Å²) in [7, 11) is 0. The maximum atomic E-state index is 12.3. The average Bonchev–Trinajstić information content (AvgIpc) is 3.91. The zero-order chi connectivity index (χ0) is 31.0. The van der Waals surface area contributed by atoms with Gasteiger partial charge in [0.1, 0.15) is 28.2 Å². The first-order valence-electron chi connectivity index (χ1n) is 14.7. The van der Waals surface area contributed by atoms with Crippen molar-refractivity contribution in [3.05, 3.63) is 40.8 Å². The molecule has 232 valence electrons. The Morgan fingerprint density at radius 2 is 1.39 bits per heavy atom. The van der Waals surface area contributed by atoms with Crippen molar-refractivity contribution in [1.29, 1.82) is 0 Å². The van der Waals surface area contributed by atoms with E-state index in [4.69, 9.17) is 16.3 Å². The molecule has 3 fully saturated rings. The van der Waals surface area contributed by atoms with Crippen LogP contribution in [0.3, 0.4) is 0 Å². The molecule has 4 aromatic heterocycles. The first-order chi connectivity index (χ1) is 21.1. The van der Waals surface area contributed by atoms with Crippen LogP contribution in [0.5, 0.6) is 0 Å². The number of rotatable bonds is 7. The first-order valence-corrected chi connectivity index (χ1v) is 15.1. The van der Waals surface area contributed by atoms with E-state index in [1.54, 1.807) is 20.0 Å². The number of fused-ring (bicyclic) bond motifs is 2. The monoisotopic (exact) mass is 622 g/mol. The Kier molecular flexibility index (Phi) is 8.01. The number of ether oxygens (including phenoxy) is 1. The molecular weight excluding hydrogens is 588 g/mol. The number of carbonyl (C=O) groups excluding carboxylic acids is 3. The molecule has 0 atom stereocenters. The Labute approximate surface area is 258 Å². The first kappa shape index (κ1) is 29.6. The summed E-state index contributed by atoms with van der Waals surface area (Å²) in [4.78, 5) is 47.0. The lowest BCUT2D eigenvalue weighted by Gasteiger charge is -2.36. The number of aldehydes is 2. The van der Waals surface area contributed by atoms with Crippen LogP contribution in [0.1, 0.15) is 67.2 Å². The third kappa shape index (κ3) is 6.69. The summed E-state index contributed by atoms with van der Waals surface area (Å²) in [6.07, 6.45) is 8.83. The Bertz CT molecular complexity index is 1700. The van der Waals surface area contributed by atoms with Crippen molar-refractivity contribution in [2.24, 2.45) is 0 Å². The minimum Gasteiger partial charge on any atom is -0.444 e. The van der Waals surface area contributed by atoms with E-state index in [2.05, 4.69) is 35.7 Å². The van der Waals surface area contributed by atoms with Gasteiger partial charge < -0.3 is 25.2 Å². The molecule has 3 aliphatic rings. The fourth-order valence-electron chi connectivity index (χ4n) is 4.77. The highest BCUT2D eigenvalue weighted by Crippen LogP contribution is 2.29. The number of carbonyl (C=O) groups is 3. The predicted molar refractivity (Wildman–Crippen MR) is 165 cm³/mol. The number of halogens is 1. The van der Waals surface area contributed by atoms with E-state index in [-0.39, 0.29) is 6.09 Å². The van der Waals surface area contributed by atoms with Gasteiger partial charge in [-0.2, -0.15) is 19.2 Å². The van der Waals surface area contributed by atoms with Crippen LogP contribution in [-0.4, -0.2) is 96.6 Å². The molecule has 0 spiro atoms. The van der Waals surface area contributed by atoms with E-state index < -0.39 is 5.60 Å².